The van der Waals surface area contributed by atoms with Gasteiger partial charge in [0, 0.05) is 17.0 Å². The van der Waals surface area contributed by atoms with Crippen LogP contribution in [0.5, 0.6) is 0 Å². The summed E-state index contributed by atoms with van der Waals surface area (Å²) in [7, 11) is 0. The number of carbonyl (C=O) groups is 1. The molecule has 0 atom stereocenters. The molecule has 0 unspecified atom stereocenters. The van der Waals surface area contributed by atoms with E-state index in [9.17, 15) is 4.79 Å². The number of nitrogens with zero attached hydrogens (tertiary/aromatic N) is 2. The van der Waals surface area contributed by atoms with Crippen LogP contribution >= 0.6 is 23.2 Å². The Morgan fingerprint density at radius 2 is 1.94 bits per heavy atom. The highest BCUT2D eigenvalue weighted by Crippen LogP contribution is 2.22. The maximum absolute atomic E-state index is 10.9. The number of Topliss-reactive ketones (excluding diaryl/α,β-unsaturated/α-hetero) is 1. The number of hydrogen-bond acceptors (Lipinski definition) is 4. The quantitative estimate of drug-likeness (QED) is 0.667. The number of nitriles is 1. The van der Waals surface area contributed by atoms with E-state index < -0.39 is 5.78 Å². The first-order valence-corrected chi connectivity index (χ1v) is 4.99. The van der Waals surface area contributed by atoms with Crippen molar-refractivity contribution in [2.24, 2.45) is 5.10 Å². The van der Waals surface area contributed by atoms with Crippen LogP contribution in [-0.4, -0.2) is 11.5 Å². The monoisotopic (exact) mass is 255 g/mol. The van der Waals surface area contributed by atoms with Gasteiger partial charge in [-0.25, -0.2) is 0 Å². The van der Waals surface area contributed by atoms with Gasteiger partial charge in [-0.1, -0.05) is 23.2 Å². The van der Waals surface area contributed by atoms with Crippen molar-refractivity contribution < 1.29 is 4.79 Å². The molecule has 0 aliphatic carbocycles. The lowest BCUT2D eigenvalue weighted by molar-refractivity contribution is -0.110. The Morgan fingerprint density at radius 3 is 2.38 bits per heavy atom. The fraction of sp³-hybridized carbons (Fsp3) is 0.100. The van der Waals surface area contributed by atoms with E-state index in [1.54, 1.807) is 24.3 Å². The molecule has 16 heavy (non-hydrogen) atoms. The Bertz CT molecular complexity index is 471. The van der Waals surface area contributed by atoms with Crippen LogP contribution < -0.4 is 5.43 Å². The third-order valence-electron chi connectivity index (χ3n) is 1.60. The summed E-state index contributed by atoms with van der Waals surface area (Å²) < 4.78 is 0. The molecule has 0 heterocycles. The second kappa shape index (κ2) is 5.50. The summed E-state index contributed by atoms with van der Waals surface area (Å²) in [5.74, 6) is -0.414. The molecule has 1 aromatic rings. The molecule has 1 N–H and O–H groups in total. The number of rotatable bonds is 3. The number of anilines is 1. The molecule has 1 rings (SSSR count). The van der Waals surface area contributed by atoms with Crippen molar-refractivity contribution >= 4 is 40.4 Å². The smallest absolute Gasteiger partial charge is 0.203 e. The molecular weight excluding hydrogens is 249 g/mol. The lowest BCUT2D eigenvalue weighted by atomic mass is 10.3. The number of halogens is 2. The van der Waals surface area contributed by atoms with Crippen molar-refractivity contribution in [2.75, 3.05) is 5.43 Å². The predicted molar refractivity (Wildman–Crippen MR) is 63.8 cm³/mol. The van der Waals surface area contributed by atoms with Gasteiger partial charge in [-0.15, -0.1) is 0 Å². The third kappa shape index (κ3) is 3.54. The van der Waals surface area contributed by atoms with Crippen molar-refractivity contribution in [3.8, 4) is 6.07 Å². The highest BCUT2D eigenvalue weighted by molar-refractivity contribution is 6.45. The Kier molecular flexibility index (Phi) is 4.29. The van der Waals surface area contributed by atoms with Gasteiger partial charge in [0.25, 0.3) is 0 Å². The van der Waals surface area contributed by atoms with E-state index in [0.717, 1.165) is 0 Å². The van der Waals surface area contributed by atoms with E-state index in [0.29, 0.717) is 15.7 Å². The molecule has 1 aromatic carbocycles. The lowest BCUT2D eigenvalue weighted by Crippen LogP contribution is -2.09. The summed E-state index contributed by atoms with van der Waals surface area (Å²) in [5, 5.41) is 13.1. The summed E-state index contributed by atoms with van der Waals surface area (Å²) in [6, 6.07) is 6.39. The minimum absolute atomic E-state index is 0.212. The van der Waals surface area contributed by atoms with Crippen molar-refractivity contribution in [3.63, 3.8) is 0 Å². The van der Waals surface area contributed by atoms with E-state index in [2.05, 4.69) is 10.5 Å². The van der Waals surface area contributed by atoms with E-state index in [4.69, 9.17) is 28.5 Å². The van der Waals surface area contributed by atoms with Crippen LogP contribution in [0.15, 0.2) is 23.3 Å². The van der Waals surface area contributed by atoms with Gasteiger partial charge in [0.05, 0.1) is 5.69 Å². The van der Waals surface area contributed by atoms with E-state index >= 15 is 0 Å². The molecule has 0 saturated heterocycles. The van der Waals surface area contributed by atoms with Crippen LogP contribution in [0.25, 0.3) is 0 Å². The molecule has 0 fully saturated rings. The number of carbonyl (C=O) groups excluding carboxylic acids is 1. The Hall–Kier alpha value is -1.57. The molecule has 0 spiro atoms. The van der Waals surface area contributed by atoms with Crippen molar-refractivity contribution in [1.82, 2.24) is 0 Å². The summed E-state index contributed by atoms with van der Waals surface area (Å²) >= 11 is 11.5. The number of hydrazone groups is 1. The summed E-state index contributed by atoms with van der Waals surface area (Å²) in [6.45, 7) is 1.26. The average molecular weight is 256 g/mol. The third-order valence-corrected chi connectivity index (χ3v) is 2.04. The van der Waals surface area contributed by atoms with Crippen LogP contribution in [0, 0.1) is 11.3 Å². The Balaban J connectivity index is 2.90. The fourth-order valence-electron chi connectivity index (χ4n) is 0.921. The fourth-order valence-corrected chi connectivity index (χ4v) is 1.45. The molecule has 0 saturated carbocycles. The topological polar surface area (TPSA) is 65.2 Å². The zero-order chi connectivity index (χ0) is 12.1. The molecule has 6 heteroatoms. The number of hydrogen-bond donors (Lipinski definition) is 1. The molecule has 4 nitrogen and oxygen atoms in total. The van der Waals surface area contributed by atoms with E-state index in [-0.39, 0.29) is 5.71 Å². The highest BCUT2D eigenvalue weighted by Gasteiger charge is 2.04. The molecular formula is C10H7Cl2N3O. The molecule has 0 aliphatic rings. The number of nitrogens with one attached hydrogen (secondary N) is 1. The SMILES string of the molecule is CC(=O)/C(C#N)=N/Nc1cc(Cl)cc(Cl)c1. The minimum atomic E-state index is -0.414. The van der Waals surface area contributed by atoms with Crippen molar-refractivity contribution in [1.29, 1.82) is 5.26 Å². The maximum atomic E-state index is 10.9. The van der Waals surface area contributed by atoms with Gasteiger partial charge in [0.2, 0.25) is 5.71 Å². The lowest BCUT2D eigenvalue weighted by Gasteiger charge is -2.02. The second-order valence-electron chi connectivity index (χ2n) is 2.90. The van der Waals surface area contributed by atoms with Gasteiger partial charge in [-0.3, -0.25) is 10.2 Å². The Morgan fingerprint density at radius 1 is 1.38 bits per heavy atom. The van der Waals surface area contributed by atoms with Gasteiger partial charge < -0.3 is 0 Å². The molecule has 0 bridgehead atoms. The maximum Gasteiger partial charge on any atom is 0.203 e. The number of benzene rings is 1. The highest BCUT2D eigenvalue weighted by atomic mass is 35.5. The number of ketones is 1. The molecule has 82 valence electrons. The first-order chi connectivity index (χ1) is 7.52. The van der Waals surface area contributed by atoms with E-state index in [1.165, 1.54) is 6.92 Å². The summed E-state index contributed by atoms with van der Waals surface area (Å²) in [6.07, 6.45) is 0. The van der Waals surface area contributed by atoms with Gasteiger partial charge in [0.15, 0.2) is 5.78 Å². The van der Waals surface area contributed by atoms with Gasteiger partial charge in [0.1, 0.15) is 6.07 Å². The van der Waals surface area contributed by atoms with Gasteiger partial charge in [-0.2, -0.15) is 10.4 Å². The average Bonchev–Trinajstić information content (AvgIpc) is 2.16. The van der Waals surface area contributed by atoms with Gasteiger partial charge >= 0.3 is 0 Å². The van der Waals surface area contributed by atoms with E-state index in [1.807, 2.05) is 0 Å². The normalized spacial score (nSPS) is 10.8. The van der Waals surface area contributed by atoms with Crippen LogP contribution in [0.2, 0.25) is 10.0 Å². The van der Waals surface area contributed by atoms with Crippen LogP contribution in [-0.2, 0) is 4.79 Å². The van der Waals surface area contributed by atoms with Crippen LogP contribution in [0.3, 0.4) is 0 Å². The molecule has 0 amide bonds. The first-order valence-electron chi connectivity index (χ1n) is 4.23. The Labute approximate surface area is 102 Å². The first kappa shape index (κ1) is 12.5. The molecule has 0 aromatic heterocycles. The zero-order valence-electron chi connectivity index (χ0n) is 8.29. The zero-order valence-corrected chi connectivity index (χ0v) is 9.80. The van der Waals surface area contributed by atoms with Crippen molar-refractivity contribution in [2.45, 2.75) is 6.92 Å². The van der Waals surface area contributed by atoms with Gasteiger partial charge in [-0.05, 0) is 18.2 Å². The van der Waals surface area contributed by atoms with Crippen LogP contribution in [0.1, 0.15) is 6.92 Å². The van der Waals surface area contributed by atoms with Crippen LogP contribution in [0.4, 0.5) is 5.69 Å². The summed E-state index contributed by atoms with van der Waals surface area (Å²) in [4.78, 5) is 10.9. The molecule has 0 radical (unpaired) electrons. The predicted octanol–water partition coefficient (Wildman–Crippen LogP) is 2.87. The second-order valence-corrected chi connectivity index (χ2v) is 3.77. The largest absolute Gasteiger partial charge is 0.292 e. The molecule has 0 aliphatic heterocycles. The summed E-state index contributed by atoms with van der Waals surface area (Å²) in [5.41, 5.74) is 2.83. The van der Waals surface area contributed by atoms with Crippen molar-refractivity contribution in [3.05, 3.63) is 28.2 Å². The minimum Gasteiger partial charge on any atom is -0.292 e. The standard InChI is InChI=1S/C10H7Cl2N3O/c1-6(16)10(5-13)15-14-9-3-7(11)2-8(12)4-9/h2-4,14H,1H3/b15-10+.